The van der Waals surface area contributed by atoms with E-state index in [4.69, 9.17) is 5.11 Å². The minimum absolute atomic E-state index is 0.0475. The van der Waals surface area contributed by atoms with Crippen molar-refractivity contribution in [2.75, 3.05) is 7.05 Å². The van der Waals surface area contributed by atoms with Crippen LogP contribution in [0.25, 0.3) is 0 Å². The normalized spacial score (nSPS) is 45.1. The average molecular weight is 185 g/mol. The average Bonchev–Trinajstić information content (AvgIpc) is 2.34. The maximum Gasteiger partial charge on any atom is 0.310 e. The summed E-state index contributed by atoms with van der Waals surface area (Å²) < 4.78 is 0. The van der Waals surface area contributed by atoms with Crippen LogP contribution in [0.5, 0.6) is 0 Å². The molecule has 4 heteroatoms. The summed E-state index contributed by atoms with van der Waals surface area (Å²) in [4.78, 5) is 13.0. The summed E-state index contributed by atoms with van der Waals surface area (Å²) in [5.74, 6) is -1.44. The van der Waals surface area contributed by atoms with Gasteiger partial charge in [-0.2, -0.15) is 0 Å². The van der Waals surface area contributed by atoms with E-state index in [0.717, 1.165) is 12.8 Å². The molecule has 2 rings (SSSR count). The first-order valence-corrected chi connectivity index (χ1v) is 4.74. The van der Waals surface area contributed by atoms with Crippen molar-refractivity contribution in [3.05, 3.63) is 0 Å². The summed E-state index contributed by atoms with van der Waals surface area (Å²) in [6.45, 7) is 0. The number of rotatable bonds is 1. The van der Waals surface area contributed by atoms with Crippen LogP contribution in [0.2, 0.25) is 0 Å². The van der Waals surface area contributed by atoms with Crippen molar-refractivity contribution in [3.63, 3.8) is 0 Å². The largest absolute Gasteiger partial charge is 0.481 e. The fraction of sp³-hybridized carbons (Fsp3) is 0.889. The number of carboxylic acid groups (broad SMARTS) is 1. The molecule has 0 radical (unpaired) electrons. The van der Waals surface area contributed by atoms with Crippen molar-refractivity contribution in [1.29, 1.82) is 0 Å². The molecule has 2 aliphatic heterocycles. The predicted molar refractivity (Wildman–Crippen MR) is 46.3 cm³/mol. The van der Waals surface area contributed by atoms with Crippen LogP contribution in [0.4, 0.5) is 0 Å². The third-order valence-corrected chi connectivity index (χ3v) is 3.52. The second kappa shape index (κ2) is 2.96. The fourth-order valence-electron chi connectivity index (χ4n) is 2.77. The number of nitrogens with zero attached hydrogens (tertiary/aromatic N) is 1. The lowest BCUT2D eigenvalue weighted by Crippen LogP contribution is -2.51. The van der Waals surface area contributed by atoms with Gasteiger partial charge in [-0.05, 0) is 26.3 Å². The van der Waals surface area contributed by atoms with Crippen molar-refractivity contribution >= 4 is 5.97 Å². The monoisotopic (exact) mass is 185 g/mol. The molecule has 4 atom stereocenters. The fourth-order valence-corrected chi connectivity index (χ4v) is 2.77. The van der Waals surface area contributed by atoms with Crippen LogP contribution >= 0.6 is 0 Å². The Bertz CT molecular complexity index is 231. The quantitative estimate of drug-likeness (QED) is 0.599. The molecule has 2 fully saturated rings. The molecule has 0 spiro atoms. The van der Waals surface area contributed by atoms with Gasteiger partial charge < -0.3 is 10.2 Å². The Labute approximate surface area is 77.2 Å². The van der Waals surface area contributed by atoms with Gasteiger partial charge in [0.05, 0.1) is 12.0 Å². The van der Waals surface area contributed by atoms with E-state index >= 15 is 0 Å². The van der Waals surface area contributed by atoms with E-state index in [9.17, 15) is 9.90 Å². The van der Waals surface area contributed by atoms with Crippen molar-refractivity contribution in [2.45, 2.75) is 37.5 Å². The van der Waals surface area contributed by atoms with Crippen molar-refractivity contribution in [1.82, 2.24) is 4.90 Å². The van der Waals surface area contributed by atoms with Crippen LogP contribution in [-0.4, -0.2) is 46.3 Å². The zero-order valence-corrected chi connectivity index (χ0v) is 7.68. The highest BCUT2D eigenvalue weighted by Gasteiger charge is 2.48. The van der Waals surface area contributed by atoms with Gasteiger partial charge in [-0.25, -0.2) is 0 Å². The van der Waals surface area contributed by atoms with Crippen LogP contribution in [0, 0.1) is 5.92 Å². The topological polar surface area (TPSA) is 60.8 Å². The number of carbonyl (C=O) groups is 1. The Morgan fingerprint density at radius 3 is 2.77 bits per heavy atom. The number of aliphatic hydroxyl groups excluding tert-OH is 1. The summed E-state index contributed by atoms with van der Waals surface area (Å²) in [5, 5.41) is 18.6. The van der Waals surface area contributed by atoms with Crippen LogP contribution in [0.15, 0.2) is 0 Å². The first-order valence-electron chi connectivity index (χ1n) is 4.74. The minimum atomic E-state index is -0.857. The second-order valence-electron chi connectivity index (χ2n) is 4.13. The molecule has 0 aliphatic carbocycles. The maximum absolute atomic E-state index is 10.9. The summed E-state index contributed by atoms with van der Waals surface area (Å²) in [6.07, 6.45) is 1.91. The smallest absolute Gasteiger partial charge is 0.310 e. The van der Waals surface area contributed by atoms with Crippen LogP contribution in [0.3, 0.4) is 0 Å². The minimum Gasteiger partial charge on any atom is -0.481 e. The molecule has 0 aromatic carbocycles. The van der Waals surface area contributed by atoms with E-state index in [0.29, 0.717) is 12.5 Å². The lowest BCUT2D eigenvalue weighted by Gasteiger charge is -2.38. The standard InChI is InChI=1S/C9H15NO3/c1-10-5-2-3-6(10)8(9(12)13)7(11)4-5/h5-8,11H,2-4H2,1H3,(H,12,13)/t5-,6-,7-,8+/m0/s1. The Morgan fingerprint density at radius 1 is 1.46 bits per heavy atom. The first kappa shape index (κ1) is 8.97. The van der Waals surface area contributed by atoms with Crippen LogP contribution < -0.4 is 0 Å². The SMILES string of the molecule is CN1[C@H]2CC[C@H]1[C@@H](C(=O)O)[C@@H](O)C2. The molecule has 2 saturated heterocycles. The summed E-state index contributed by atoms with van der Waals surface area (Å²) >= 11 is 0. The van der Waals surface area contributed by atoms with Gasteiger partial charge in [0, 0.05) is 12.1 Å². The van der Waals surface area contributed by atoms with E-state index < -0.39 is 18.0 Å². The van der Waals surface area contributed by atoms with Gasteiger partial charge in [0.1, 0.15) is 0 Å². The zero-order valence-electron chi connectivity index (χ0n) is 7.68. The molecule has 2 bridgehead atoms. The van der Waals surface area contributed by atoms with Gasteiger partial charge in [0.15, 0.2) is 0 Å². The number of hydrogen-bond donors (Lipinski definition) is 2. The highest BCUT2D eigenvalue weighted by molar-refractivity contribution is 5.72. The van der Waals surface area contributed by atoms with Crippen LogP contribution in [0.1, 0.15) is 19.3 Å². The molecular weight excluding hydrogens is 170 g/mol. The Kier molecular flexibility index (Phi) is 2.04. The number of aliphatic hydroxyl groups is 1. The van der Waals surface area contributed by atoms with Crippen molar-refractivity contribution < 1.29 is 15.0 Å². The summed E-state index contributed by atoms with van der Waals surface area (Å²) in [5.41, 5.74) is 0. The maximum atomic E-state index is 10.9. The molecule has 2 aliphatic rings. The Balaban J connectivity index is 2.21. The highest BCUT2D eigenvalue weighted by Crippen LogP contribution is 2.38. The van der Waals surface area contributed by atoms with Crippen molar-refractivity contribution in [3.8, 4) is 0 Å². The molecular formula is C9H15NO3. The van der Waals surface area contributed by atoms with Gasteiger partial charge in [-0.1, -0.05) is 0 Å². The van der Waals surface area contributed by atoms with Gasteiger partial charge in [0.25, 0.3) is 0 Å². The van der Waals surface area contributed by atoms with Crippen molar-refractivity contribution in [2.24, 2.45) is 5.92 Å². The zero-order chi connectivity index (χ0) is 9.59. The molecule has 0 saturated carbocycles. The number of carboxylic acids is 1. The number of hydrogen-bond acceptors (Lipinski definition) is 3. The lowest BCUT2D eigenvalue weighted by molar-refractivity contribution is -0.151. The van der Waals surface area contributed by atoms with E-state index in [1.165, 1.54) is 0 Å². The van der Waals surface area contributed by atoms with Gasteiger partial charge >= 0.3 is 5.97 Å². The number of fused-ring (bicyclic) bond motifs is 2. The first-order chi connectivity index (χ1) is 6.11. The number of aliphatic carboxylic acids is 1. The number of piperidine rings is 1. The summed E-state index contributed by atoms with van der Waals surface area (Å²) in [6, 6.07) is 0.446. The Hall–Kier alpha value is -0.610. The third kappa shape index (κ3) is 1.25. The Morgan fingerprint density at radius 2 is 2.15 bits per heavy atom. The lowest BCUT2D eigenvalue weighted by atomic mass is 9.88. The molecule has 4 nitrogen and oxygen atoms in total. The third-order valence-electron chi connectivity index (χ3n) is 3.52. The van der Waals surface area contributed by atoms with E-state index in [1.54, 1.807) is 0 Å². The predicted octanol–water partition coefficient (Wildman–Crippen LogP) is -0.0854. The highest BCUT2D eigenvalue weighted by atomic mass is 16.4. The molecule has 2 N–H and O–H groups in total. The van der Waals surface area contributed by atoms with Crippen LogP contribution in [-0.2, 0) is 4.79 Å². The second-order valence-corrected chi connectivity index (χ2v) is 4.13. The van der Waals surface area contributed by atoms with E-state index in [1.807, 2.05) is 7.05 Å². The van der Waals surface area contributed by atoms with Gasteiger partial charge in [0.2, 0.25) is 0 Å². The molecule has 0 unspecified atom stereocenters. The van der Waals surface area contributed by atoms with E-state index in [2.05, 4.69) is 4.90 Å². The molecule has 2 heterocycles. The molecule has 0 aromatic rings. The molecule has 74 valence electrons. The van der Waals surface area contributed by atoms with E-state index in [-0.39, 0.29) is 6.04 Å². The molecule has 0 aromatic heterocycles. The molecule has 13 heavy (non-hydrogen) atoms. The molecule has 0 amide bonds. The summed E-state index contributed by atoms with van der Waals surface area (Å²) in [7, 11) is 1.96. The van der Waals surface area contributed by atoms with Gasteiger partial charge in [-0.15, -0.1) is 0 Å². The van der Waals surface area contributed by atoms with Gasteiger partial charge in [-0.3, -0.25) is 9.69 Å².